The quantitative estimate of drug-likeness (QED) is 0.655. The SMILES string of the molecule is Cc1ccc2c(c1)C(CCCOCc1ccccc1)=CCC2. The number of hydrogen-bond acceptors (Lipinski definition) is 1. The Morgan fingerprint density at radius 3 is 2.77 bits per heavy atom. The average Bonchev–Trinajstić information content (AvgIpc) is 2.56. The molecule has 0 saturated heterocycles. The molecule has 114 valence electrons. The Balaban J connectivity index is 1.48. The van der Waals surface area contributed by atoms with Crippen molar-refractivity contribution in [3.63, 3.8) is 0 Å². The zero-order chi connectivity index (χ0) is 15.2. The Morgan fingerprint density at radius 2 is 1.91 bits per heavy atom. The predicted molar refractivity (Wildman–Crippen MR) is 92.8 cm³/mol. The Bertz CT molecular complexity index is 640. The van der Waals surface area contributed by atoms with E-state index in [0.29, 0.717) is 0 Å². The number of fused-ring (bicyclic) bond motifs is 1. The molecule has 3 rings (SSSR count). The molecule has 0 amide bonds. The van der Waals surface area contributed by atoms with Crippen molar-refractivity contribution in [2.75, 3.05) is 6.61 Å². The minimum absolute atomic E-state index is 0.718. The van der Waals surface area contributed by atoms with E-state index >= 15 is 0 Å². The van der Waals surface area contributed by atoms with Crippen molar-refractivity contribution in [1.82, 2.24) is 0 Å². The van der Waals surface area contributed by atoms with Gasteiger partial charge in [0.1, 0.15) is 0 Å². The van der Waals surface area contributed by atoms with Crippen LogP contribution in [0.4, 0.5) is 0 Å². The standard InChI is InChI=1S/C21H24O/c1-17-12-13-20-10-5-9-19(21(20)15-17)11-6-14-22-16-18-7-3-2-4-8-18/h2-4,7-9,12-13,15H,5-6,10-11,14,16H2,1H3. The van der Waals surface area contributed by atoms with Crippen LogP contribution in [0.1, 0.15) is 41.5 Å². The fraction of sp³-hybridized carbons (Fsp3) is 0.333. The largest absolute Gasteiger partial charge is 0.377 e. The fourth-order valence-electron chi connectivity index (χ4n) is 3.08. The summed E-state index contributed by atoms with van der Waals surface area (Å²) in [6.07, 6.45) is 6.98. The maximum Gasteiger partial charge on any atom is 0.0716 e. The van der Waals surface area contributed by atoms with E-state index in [-0.39, 0.29) is 0 Å². The van der Waals surface area contributed by atoms with Gasteiger partial charge in [-0.2, -0.15) is 0 Å². The lowest BCUT2D eigenvalue weighted by Crippen LogP contribution is -2.02. The molecular weight excluding hydrogens is 268 g/mol. The third-order valence-corrected chi connectivity index (χ3v) is 4.26. The van der Waals surface area contributed by atoms with Crippen molar-refractivity contribution < 1.29 is 4.74 Å². The second kappa shape index (κ2) is 7.42. The number of benzene rings is 2. The van der Waals surface area contributed by atoms with Crippen molar-refractivity contribution in [3.8, 4) is 0 Å². The minimum Gasteiger partial charge on any atom is -0.377 e. The van der Waals surface area contributed by atoms with Gasteiger partial charge in [0.05, 0.1) is 6.61 Å². The van der Waals surface area contributed by atoms with Crippen molar-refractivity contribution in [2.45, 2.75) is 39.2 Å². The van der Waals surface area contributed by atoms with Gasteiger partial charge in [-0.05, 0) is 54.9 Å². The van der Waals surface area contributed by atoms with Crippen LogP contribution in [0, 0.1) is 6.92 Å². The molecule has 1 heteroatoms. The number of allylic oxidation sites excluding steroid dienone is 2. The van der Waals surface area contributed by atoms with Gasteiger partial charge in [-0.3, -0.25) is 0 Å². The zero-order valence-corrected chi connectivity index (χ0v) is 13.3. The number of aryl methyl sites for hydroxylation is 2. The van der Waals surface area contributed by atoms with E-state index in [1.165, 1.54) is 40.7 Å². The van der Waals surface area contributed by atoms with E-state index in [1.54, 1.807) is 0 Å². The highest BCUT2D eigenvalue weighted by molar-refractivity contribution is 5.70. The highest BCUT2D eigenvalue weighted by Gasteiger charge is 2.12. The first-order chi connectivity index (χ1) is 10.8. The van der Waals surface area contributed by atoms with Crippen molar-refractivity contribution in [1.29, 1.82) is 0 Å². The third kappa shape index (κ3) is 3.86. The summed E-state index contributed by atoms with van der Waals surface area (Å²) in [5.41, 5.74) is 7.09. The van der Waals surface area contributed by atoms with Gasteiger partial charge < -0.3 is 4.74 Å². The van der Waals surface area contributed by atoms with Gasteiger partial charge in [-0.15, -0.1) is 0 Å². The Kier molecular flexibility index (Phi) is 5.07. The van der Waals surface area contributed by atoms with Crippen LogP contribution in [0.2, 0.25) is 0 Å². The fourth-order valence-corrected chi connectivity index (χ4v) is 3.08. The Morgan fingerprint density at radius 1 is 1.05 bits per heavy atom. The summed E-state index contributed by atoms with van der Waals surface area (Å²) in [7, 11) is 0. The van der Waals surface area contributed by atoms with Gasteiger partial charge in [0.25, 0.3) is 0 Å². The molecule has 1 nitrogen and oxygen atoms in total. The molecule has 0 spiro atoms. The molecular formula is C21H24O. The van der Waals surface area contributed by atoms with E-state index in [9.17, 15) is 0 Å². The molecule has 2 aromatic rings. The molecule has 1 aliphatic rings. The monoisotopic (exact) mass is 292 g/mol. The summed E-state index contributed by atoms with van der Waals surface area (Å²) in [5, 5.41) is 0. The lowest BCUT2D eigenvalue weighted by atomic mass is 9.87. The van der Waals surface area contributed by atoms with Crippen LogP contribution < -0.4 is 0 Å². The highest BCUT2D eigenvalue weighted by Crippen LogP contribution is 2.30. The molecule has 0 radical (unpaired) electrons. The summed E-state index contributed by atoms with van der Waals surface area (Å²) in [5.74, 6) is 0. The average molecular weight is 292 g/mol. The van der Waals surface area contributed by atoms with Gasteiger partial charge in [0.2, 0.25) is 0 Å². The molecule has 2 aromatic carbocycles. The minimum atomic E-state index is 0.718. The number of hydrogen-bond donors (Lipinski definition) is 0. The van der Waals surface area contributed by atoms with Crippen molar-refractivity contribution >= 4 is 5.57 Å². The zero-order valence-electron chi connectivity index (χ0n) is 13.3. The molecule has 0 aromatic heterocycles. The van der Waals surface area contributed by atoms with Gasteiger partial charge >= 0.3 is 0 Å². The van der Waals surface area contributed by atoms with Crippen molar-refractivity contribution in [2.24, 2.45) is 0 Å². The Labute approximate surface area is 133 Å². The van der Waals surface area contributed by atoms with Crippen LogP contribution in [0.3, 0.4) is 0 Å². The van der Waals surface area contributed by atoms with E-state index in [0.717, 1.165) is 26.1 Å². The molecule has 1 aliphatic carbocycles. The molecule has 0 fully saturated rings. The van der Waals surface area contributed by atoms with Gasteiger partial charge in [-0.25, -0.2) is 0 Å². The summed E-state index contributed by atoms with van der Waals surface area (Å²) in [6, 6.07) is 17.2. The van der Waals surface area contributed by atoms with E-state index < -0.39 is 0 Å². The lowest BCUT2D eigenvalue weighted by Gasteiger charge is -2.18. The maximum atomic E-state index is 5.80. The van der Waals surface area contributed by atoms with Crippen LogP contribution in [0.5, 0.6) is 0 Å². The first-order valence-corrected chi connectivity index (χ1v) is 8.23. The lowest BCUT2D eigenvalue weighted by molar-refractivity contribution is 0.119. The normalized spacial score (nSPS) is 13.6. The van der Waals surface area contributed by atoms with E-state index in [4.69, 9.17) is 4.74 Å². The van der Waals surface area contributed by atoms with Crippen LogP contribution in [0.25, 0.3) is 5.57 Å². The third-order valence-electron chi connectivity index (χ3n) is 4.26. The molecule has 0 unspecified atom stereocenters. The molecule has 0 saturated carbocycles. The smallest absolute Gasteiger partial charge is 0.0716 e. The van der Waals surface area contributed by atoms with Gasteiger partial charge in [0.15, 0.2) is 0 Å². The molecule has 0 aliphatic heterocycles. The summed E-state index contributed by atoms with van der Waals surface area (Å²) >= 11 is 0. The summed E-state index contributed by atoms with van der Waals surface area (Å²) in [4.78, 5) is 0. The second-order valence-electron chi connectivity index (χ2n) is 6.07. The summed E-state index contributed by atoms with van der Waals surface area (Å²) < 4.78 is 5.80. The molecule has 0 atom stereocenters. The molecule has 22 heavy (non-hydrogen) atoms. The highest BCUT2D eigenvalue weighted by atomic mass is 16.5. The molecule has 0 N–H and O–H groups in total. The topological polar surface area (TPSA) is 9.23 Å². The van der Waals surface area contributed by atoms with Crippen LogP contribution in [0.15, 0.2) is 54.6 Å². The van der Waals surface area contributed by atoms with Crippen LogP contribution in [-0.4, -0.2) is 6.61 Å². The van der Waals surface area contributed by atoms with Crippen LogP contribution >= 0.6 is 0 Å². The molecule has 0 bridgehead atoms. The van der Waals surface area contributed by atoms with Gasteiger partial charge in [0, 0.05) is 6.61 Å². The van der Waals surface area contributed by atoms with Crippen molar-refractivity contribution in [3.05, 3.63) is 76.9 Å². The number of ether oxygens (including phenoxy) is 1. The number of rotatable bonds is 6. The van der Waals surface area contributed by atoms with E-state index in [2.05, 4.69) is 55.5 Å². The Hall–Kier alpha value is -1.86. The second-order valence-corrected chi connectivity index (χ2v) is 6.07. The molecule has 0 heterocycles. The van der Waals surface area contributed by atoms with Crippen LogP contribution in [-0.2, 0) is 17.8 Å². The maximum absolute atomic E-state index is 5.80. The summed E-state index contributed by atoms with van der Waals surface area (Å²) in [6.45, 7) is 3.72. The first kappa shape index (κ1) is 15.1. The van der Waals surface area contributed by atoms with Gasteiger partial charge in [-0.1, -0.05) is 60.2 Å². The predicted octanol–water partition coefficient (Wildman–Crippen LogP) is 5.32. The first-order valence-electron chi connectivity index (χ1n) is 8.23. The van der Waals surface area contributed by atoms with E-state index in [1.807, 2.05) is 6.07 Å².